The van der Waals surface area contributed by atoms with Crippen LogP contribution in [0.25, 0.3) is 0 Å². The molecule has 3 aromatic rings. The van der Waals surface area contributed by atoms with Crippen molar-refractivity contribution in [2.45, 2.75) is 26.4 Å². The lowest BCUT2D eigenvalue weighted by molar-refractivity contribution is 0.0698. The molecule has 6 heteroatoms. The van der Waals surface area contributed by atoms with Gasteiger partial charge in [0.2, 0.25) is 0 Å². The molecule has 0 aliphatic rings. The Labute approximate surface area is 158 Å². The van der Waals surface area contributed by atoms with Gasteiger partial charge in [0.05, 0.1) is 11.3 Å². The third kappa shape index (κ3) is 4.61. The lowest BCUT2D eigenvalue weighted by Crippen LogP contribution is -2.31. The number of aromatic nitrogens is 2. The molecule has 0 spiro atoms. The highest BCUT2D eigenvalue weighted by atomic mass is 16.4. The van der Waals surface area contributed by atoms with Crippen LogP contribution in [-0.4, -0.2) is 27.1 Å². The molecule has 0 fully saturated rings. The van der Waals surface area contributed by atoms with Gasteiger partial charge < -0.3 is 15.3 Å². The smallest absolute Gasteiger partial charge is 0.337 e. The first-order valence-electron chi connectivity index (χ1n) is 8.76. The molecule has 1 aromatic heterocycles. The number of nitrogens with zero attached hydrogens (tertiary/aromatic N) is 3. The fourth-order valence-electron chi connectivity index (χ4n) is 2.80. The monoisotopic (exact) mass is 362 g/mol. The second kappa shape index (κ2) is 8.31. The van der Waals surface area contributed by atoms with E-state index in [4.69, 9.17) is 0 Å². The van der Waals surface area contributed by atoms with Crippen molar-refractivity contribution in [3.8, 4) is 0 Å². The summed E-state index contributed by atoms with van der Waals surface area (Å²) in [5.74, 6) is 0.340. The average Bonchev–Trinajstić information content (AvgIpc) is 2.67. The van der Waals surface area contributed by atoms with E-state index in [0.717, 1.165) is 12.4 Å². The van der Waals surface area contributed by atoms with Gasteiger partial charge in [0.25, 0.3) is 0 Å². The molecular weight excluding hydrogens is 340 g/mol. The summed E-state index contributed by atoms with van der Waals surface area (Å²) >= 11 is 0. The first-order valence-corrected chi connectivity index (χ1v) is 8.76. The molecule has 0 aliphatic heterocycles. The number of benzene rings is 2. The van der Waals surface area contributed by atoms with Crippen LogP contribution < -0.4 is 10.2 Å². The Bertz CT molecular complexity index is 913. The molecule has 6 nitrogen and oxygen atoms in total. The zero-order valence-electron chi connectivity index (χ0n) is 15.3. The number of rotatable bonds is 7. The van der Waals surface area contributed by atoms with Gasteiger partial charge in [-0.05, 0) is 31.5 Å². The number of nitrogens with one attached hydrogen (secondary N) is 1. The number of carboxylic acids is 1. The Morgan fingerprint density at radius 2 is 1.78 bits per heavy atom. The number of hydrogen-bond acceptors (Lipinski definition) is 5. The molecule has 138 valence electrons. The molecule has 27 heavy (non-hydrogen) atoms. The van der Waals surface area contributed by atoms with E-state index in [1.807, 2.05) is 24.3 Å². The maximum atomic E-state index is 11.4. The second-order valence-electron chi connectivity index (χ2n) is 6.44. The Kier molecular flexibility index (Phi) is 5.66. The Hall–Kier alpha value is -3.41. The summed E-state index contributed by atoms with van der Waals surface area (Å²) < 4.78 is 0. The quantitative estimate of drug-likeness (QED) is 0.651. The van der Waals surface area contributed by atoms with Gasteiger partial charge in [0.15, 0.2) is 0 Å². The van der Waals surface area contributed by atoms with Crippen molar-refractivity contribution in [2.24, 2.45) is 0 Å². The molecule has 0 atom stereocenters. The predicted octanol–water partition coefficient (Wildman–Crippen LogP) is 4.33. The standard InChI is InChI=1S/C21H22N4O2/c1-15(2)25(13-16-8-4-3-5-9-16)20-12-19(22-14-23-20)24-18-11-7-6-10-17(18)21(26)27/h3-12,14-15H,13H2,1-2H3,(H,26,27)(H,22,23,24). The normalized spacial score (nSPS) is 10.6. The van der Waals surface area contributed by atoms with Crippen LogP contribution in [0.5, 0.6) is 0 Å². The van der Waals surface area contributed by atoms with Crippen LogP contribution >= 0.6 is 0 Å². The van der Waals surface area contributed by atoms with Gasteiger partial charge in [-0.3, -0.25) is 0 Å². The van der Waals surface area contributed by atoms with Crippen molar-refractivity contribution >= 4 is 23.3 Å². The van der Waals surface area contributed by atoms with Crippen LogP contribution in [0.15, 0.2) is 67.0 Å². The maximum Gasteiger partial charge on any atom is 0.337 e. The first-order chi connectivity index (χ1) is 13.0. The molecule has 0 bridgehead atoms. The van der Waals surface area contributed by atoms with Crippen LogP contribution in [0.4, 0.5) is 17.3 Å². The maximum absolute atomic E-state index is 11.4. The van der Waals surface area contributed by atoms with Gasteiger partial charge in [0, 0.05) is 18.7 Å². The highest BCUT2D eigenvalue weighted by Gasteiger charge is 2.15. The summed E-state index contributed by atoms with van der Waals surface area (Å²) in [7, 11) is 0. The van der Waals surface area contributed by atoms with Gasteiger partial charge in [0.1, 0.15) is 18.0 Å². The van der Waals surface area contributed by atoms with Gasteiger partial charge >= 0.3 is 5.97 Å². The minimum Gasteiger partial charge on any atom is -0.478 e. The largest absolute Gasteiger partial charge is 0.478 e. The molecular formula is C21H22N4O2. The van der Waals surface area contributed by atoms with E-state index < -0.39 is 5.97 Å². The molecule has 2 aromatic carbocycles. The summed E-state index contributed by atoms with van der Waals surface area (Å²) in [6.45, 7) is 4.94. The summed E-state index contributed by atoms with van der Waals surface area (Å²) in [5, 5.41) is 12.4. The molecule has 0 aliphatic carbocycles. The molecule has 0 radical (unpaired) electrons. The molecule has 0 saturated heterocycles. The van der Waals surface area contributed by atoms with E-state index in [-0.39, 0.29) is 11.6 Å². The van der Waals surface area contributed by atoms with Crippen LogP contribution in [-0.2, 0) is 6.54 Å². The van der Waals surface area contributed by atoms with Gasteiger partial charge in [-0.25, -0.2) is 14.8 Å². The number of anilines is 3. The lowest BCUT2D eigenvalue weighted by atomic mass is 10.1. The third-order valence-electron chi connectivity index (χ3n) is 4.19. The van der Waals surface area contributed by atoms with Crippen LogP contribution in [0, 0.1) is 0 Å². The van der Waals surface area contributed by atoms with Crippen molar-refractivity contribution in [3.63, 3.8) is 0 Å². The second-order valence-corrected chi connectivity index (χ2v) is 6.44. The molecule has 3 rings (SSSR count). The predicted molar refractivity (Wildman–Crippen MR) is 106 cm³/mol. The molecule has 1 heterocycles. The van der Waals surface area contributed by atoms with E-state index in [0.29, 0.717) is 11.5 Å². The fourth-order valence-corrected chi connectivity index (χ4v) is 2.80. The molecule has 0 amide bonds. The minimum atomic E-state index is -0.986. The van der Waals surface area contributed by atoms with Crippen molar-refractivity contribution in [3.05, 3.63) is 78.1 Å². The number of para-hydroxylation sites is 1. The van der Waals surface area contributed by atoms with Gasteiger partial charge in [-0.2, -0.15) is 0 Å². The highest BCUT2D eigenvalue weighted by molar-refractivity contribution is 5.95. The van der Waals surface area contributed by atoms with Crippen molar-refractivity contribution < 1.29 is 9.90 Å². The summed E-state index contributed by atoms with van der Waals surface area (Å²) in [4.78, 5) is 22.2. The highest BCUT2D eigenvalue weighted by Crippen LogP contribution is 2.23. The van der Waals surface area contributed by atoms with E-state index >= 15 is 0 Å². The summed E-state index contributed by atoms with van der Waals surface area (Å²) in [6.07, 6.45) is 1.49. The summed E-state index contributed by atoms with van der Waals surface area (Å²) in [5.41, 5.74) is 1.88. The Balaban J connectivity index is 1.87. The number of carboxylic acid groups (broad SMARTS) is 1. The van der Waals surface area contributed by atoms with E-state index in [1.54, 1.807) is 24.3 Å². The minimum absolute atomic E-state index is 0.197. The fraction of sp³-hybridized carbons (Fsp3) is 0.190. The molecule has 2 N–H and O–H groups in total. The van der Waals surface area contributed by atoms with Crippen LogP contribution in [0.2, 0.25) is 0 Å². The first kappa shape index (κ1) is 18.4. The van der Waals surface area contributed by atoms with E-state index in [9.17, 15) is 9.90 Å². The zero-order chi connectivity index (χ0) is 19.2. The van der Waals surface area contributed by atoms with Crippen LogP contribution in [0.3, 0.4) is 0 Å². The van der Waals surface area contributed by atoms with E-state index in [2.05, 4.69) is 46.2 Å². The molecule has 0 saturated carbocycles. The SMILES string of the molecule is CC(C)N(Cc1ccccc1)c1cc(Nc2ccccc2C(=O)O)ncn1. The molecule has 0 unspecified atom stereocenters. The third-order valence-corrected chi connectivity index (χ3v) is 4.19. The van der Waals surface area contributed by atoms with Crippen molar-refractivity contribution in [1.29, 1.82) is 0 Å². The lowest BCUT2D eigenvalue weighted by Gasteiger charge is -2.28. The van der Waals surface area contributed by atoms with Gasteiger partial charge in [-0.1, -0.05) is 42.5 Å². The number of carbonyl (C=O) groups is 1. The van der Waals surface area contributed by atoms with Gasteiger partial charge in [-0.15, -0.1) is 0 Å². The average molecular weight is 362 g/mol. The van der Waals surface area contributed by atoms with E-state index in [1.165, 1.54) is 11.9 Å². The zero-order valence-corrected chi connectivity index (χ0v) is 15.3. The summed E-state index contributed by atoms with van der Waals surface area (Å²) in [6, 6.07) is 19.0. The van der Waals surface area contributed by atoms with Crippen LogP contribution in [0.1, 0.15) is 29.8 Å². The Morgan fingerprint density at radius 1 is 1.07 bits per heavy atom. The topological polar surface area (TPSA) is 78.4 Å². The number of hydrogen-bond donors (Lipinski definition) is 2. The number of aromatic carboxylic acids is 1. The van der Waals surface area contributed by atoms with Crippen molar-refractivity contribution in [2.75, 3.05) is 10.2 Å². The Morgan fingerprint density at radius 3 is 2.48 bits per heavy atom. The van der Waals surface area contributed by atoms with Crippen molar-refractivity contribution in [1.82, 2.24) is 9.97 Å².